The zero-order valence-electron chi connectivity index (χ0n) is 8.34. The molecule has 2 heteroatoms. The minimum absolute atomic E-state index is 0.159. The molecule has 0 radical (unpaired) electrons. The van der Waals surface area contributed by atoms with E-state index in [1.165, 1.54) is 12.8 Å². The second-order valence-electron chi connectivity index (χ2n) is 4.21. The Morgan fingerprint density at radius 1 is 1.33 bits per heavy atom. The average molecular weight is 172 g/mol. The van der Waals surface area contributed by atoms with Crippen molar-refractivity contribution in [2.45, 2.75) is 52.2 Å². The van der Waals surface area contributed by atoms with Crippen molar-refractivity contribution in [1.29, 1.82) is 0 Å². The highest BCUT2D eigenvalue weighted by Crippen LogP contribution is 2.51. The van der Waals surface area contributed by atoms with Crippen LogP contribution in [0.15, 0.2) is 0 Å². The summed E-state index contributed by atoms with van der Waals surface area (Å²) in [5.41, 5.74) is 0.217. The van der Waals surface area contributed by atoms with Crippen LogP contribution in [-0.4, -0.2) is 23.9 Å². The molecule has 1 aliphatic rings. The topological polar surface area (TPSA) is 29.5 Å². The fraction of sp³-hybridized carbons (Fsp3) is 1.00. The van der Waals surface area contributed by atoms with Crippen LogP contribution in [0, 0.1) is 5.41 Å². The maximum Gasteiger partial charge on any atom is 0.0569 e. The van der Waals surface area contributed by atoms with Crippen LogP contribution in [0.1, 0.15) is 40.0 Å². The van der Waals surface area contributed by atoms with E-state index in [4.69, 9.17) is 4.74 Å². The van der Waals surface area contributed by atoms with Crippen LogP contribution in [0.5, 0.6) is 0 Å². The van der Waals surface area contributed by atoms with Gasteiger partial charge < -0.3 is 9.84 Å². The number of hydrogen-bond acceptors (Lipinski definition) is 2. The first kappa shape index (κ1) is 10.0. The fourth-order valence-corrected chi connectivity index (χ4v) is 1.54. The molecule has 0 amide bonds. The van der Waals surface area contributed by atoms with Gasteiger partial charge in [0, 0.05) is 6.61 Å². The number of aliphatic hydroxyl groups excluding tert-OH is 1. The molecule has 72 valence electrons. The molecule has 1 fully saturated rings. The Labute approximate surface area is 74.9 Å². The summed E-state index contributed by atoms with van der Waals surface area (Å²) >= 11 is 0. The summed E-state index contributed by atoms with van der Waals surface area (Å²) in [4.78, 5) is 0. The van der Waals surface area contributed by atoms with E-state index in [-0.39, 0.29) is 11.5 Å². The first-order valence-electron chi connectivity index (χ1n) is 4.86. The average Bonchev–Trinajstić information content (AvgIpc) is 2.68. The number of ether oxygens (including phenoxy) is 1. The molecule has 0 aliphatic heterocycles. The number of aliphatic hydroxyl groups is 1. The van der Waals surface area contributed by atoms with Gasteiger partial charge in [-0.25, -0.2) is 0 Å². The summed E-state index contributed by atoms with van der Waals surface area (Å²) in [6, 6.07) is 0. The van der Waals surface area contributed by atoms with Gasteiger partial charge in [0.2, 0.25) is 0 Å². The van der Waals surface area contributed by atoms with Gasteiger partial charge in [0.15, 0.2) is 0 Å². The lowest BCUT2D eigenvalue weighted by atomic mass is 9.97. The zero-order valence-corrected chi connectivity index (χ0v) is 8.34. The van der Waals surface area contributed by atoms with Crippen molar-refractivity contribution >= 4 is 0 Å². The number of hydrogen-bond donors (Lipinski definition) is 1. The zero-order chi connectivity index (χ0) is 9.19. The molecule has 1 atom stereocenters. The fourth-order valence-electron chi connectivity index (χ4n) is 1.54. The van der Waals surface area contributed by atoms with Crippen LogP contribution in [0.2, 0.25) is 0 Å². The van der Waals surface area contributed by atoms with E-state index in [2.05, 4.69) is 0 Å². The van der Waals surface area contributed by atoms with Gasteiger partial charge >= 0.3 is 0 Å². The highest BCUT2D eigenvalue weighted by Gasteiger charge is 2.46. The molecule has 2 nitrogen and oxygen atoms in total. The summed E-state index contributed by atoms with van der Waals surface area (Å²) in [5.74, 6) is 0. The molecule has 1 saturated carbocycles. The van der Waals surface area contributed by atoms with Crippen molar-refractivity contribution in [3.63, 3.8) is 0 Å². The molecular formula is C10H20O2. The predicted molar refractivity (Wildman–Crippen MR) is 49.1 cm³/mol. The molecule has 0 bridgehead atoms. The third-order valence-electron chi connectivity index (χ3n) is 2.83. The van der Waals surface area contributed by atoms with Crippen LogP contribution < -0.4 is 0 Å². The summed E-state index contributed by atoms with van der Waals surface area (Å²) in [7, 11) is 0. The van der Waals surface area contributed by atoms with Crippen molar-refractivity contribution in [1.82, 2.24) is 0 Å². The van der Waals surface area contributed by atoms with Crippen LogP contribution in [0.4, 0.5) is 0 Å². The Hall–Kier alpha value is -0.0800. The first-order valence-corrected chi connectivity index (χ1v) is 4.86. The van der Waals surface area contributed by atoms with E-state index in [0.29, 0.717) is 6.10 Å². The van der Waals surface area contributed by atoms with E-state index in [1.54, 1.807) is 0 Å². The Kier molecular flexibility index (Phi) is 3.13. The first-order chi connectivity index (χ1) is 5.57. The normalized spacial score (nSPS) is 22.8. The van der Waals surface area contributed by atoms with Crippen LogP contribution in [0.3, 0.4) is 0 Å². The summed E-state index contributed by atoms with van der Waals surface area (Å²) in [5, 5.41) is 9.45. The maximum atomic E-state index is 9.45. The lowest BCUT2D eigenvalue weighted by molar-refractivity contribution is 0.0372. The molecule has 0 aromatic carbocycles. The van der Waals surface area contributed by atoms with E-state index in [0.717, 1.165) is 13.0 Å². The smallest absolute Gasteiger partial charge is 0.0569 e. The van der Waals surface area contributed by atoms with E-state index in [1.807, 2.05) is 20.8 Å². The molecular weight excluding hydrogens is 152 g/mol. The molecule has 0 aromatic heterocycles. The lowest BCUT2D eigenvalue weighted by Crippen LogP contribution is -2.20. The van der Waals surface area contributed by atoms with Gasteiger partial charge in [-0.05, 0) is 45.4 Å². The maximum absolute atomic E-state index is 9.45. The van der Waals surface area contributed by atoms with Crippen molar-refractivity contribution in [3.8, 4) is 0 Å². The minimum atomic E-state index is -0.159. The highest BCUT2D eigenvalue weighted by atomic mass is 16.5. The third-order valence-corrected chi connectivity index (χ3v) is 2.83. The molecule has 12 heavy (non-hydrogen) atoms. The van der Waals surface area contributed by atoms with Crippen LogP contribution >= 0.6 is 0 Å². The Bertz CT molecular complexity index is 137. The Morgan fingerprint density at radius 2 is 1.92 bits per heavy atom. The van der Waals surface area contributed by atoms with Crippen molar-refractivity contribution in [3.05, 3.63) is 0 Å². The Morgan fingerprint density at radius 3 is 2.25 bits per heavy atom. The van der Waals surface area contributed by atoms with Gasteiger partial charge in [0.25, 0.3) is 0 Å². The van der Waals surface area contributed by atoms with Gasteiger partial charge in [0.1, 0.15) is 0 Å². The second-order valence-corrected chi connectivity index (χ2v) is 4.21. The molecule has 1 unspecified atom stereocenters. The van der Waals surface area contributed by atoms with Crippen molar-refractivity contribution < 1.29 is 9.84 Å². The molecule has 0 aromatic rings. The summed E-state index contributed by atoms with van der Waals surface area (Å²) < 4.78 is 5.46. The SMILES string of the molecule is CC(C)OCCC1(C(C)O)CC1. The molecule has 1 N–H and O–H groups in total. The van der Waals surface area contributed by atoms with Crippen molar-refractivity contribution in [2.24, 2.45) is 5.41 Å². The van der Waals surface area contributed by atoms with Crippen LogP contribution in [0.25, 0.3) is 0 Å². The second kappa shape index (κ2) is 3.75. The van der Waals surface area contributed by atoms with Gasteiger partial charge in [-0.2, -0.15) is 0 Å². The van der Waals surface area contributed by atoms with E-state index in [9.17, 15) is 5.11 Å². The number of rotatable bonds is 5. The molecule has 0 saturated heterocycles. The summed E-state index contributed by atoms with van der Waals surface area (Å²) in [6.45, 7) is 6.77. The molecule has 1 rings (SSSR count). The van der Waals surface area contributed by atoms with E-state index < -0.39 is 0 Å². The van der Waals surface area contributed by atoms with Gasteiger partial charge in [-0.15, -0.1) is 0 Å². The quantitative estimate of drug-likeness (QED) is 0.687. The molecule has 0 heterocycles. The standard InChI is InChI=1S/C10H20O2/c1-8(2)12-7-6-10(4-5-10)9(3)11/h8-9,11H,4-7H2,1-3H3. The monoisotopic (exact) mass is 172 g/mol. The van der Waals surface area contributed by atoms with Gasteiger partial charge in [-0.1, -0.05) is 0 Å². The third kappa shape index (κ3) is 2.46. The lowest BCUT2D eigenvalue weighted by Gasteiger charge is -2.18. The Balaban J connectivity index is 2.14. The largest absolute Gasteiger partial charge is 0.393 e. The van der Waals surface area contributed by atoms with Gasteiger partial charge in [0.05, 0.1) is 12.2 Å². The predicted octanol–water partition coefficient (Wildman–Crippen LogP) is 1.96. The van der Waals surface area contributed by atoms with E-state index >= 15 is 0 Å². The van der Waals surface area contributed by atoms with Crippen LogP contribution in [-0.2, 0) is 4.74 Å². The highest BCUT2D eigenvalue weighted by molar-refractivity contribution is 4.96. The van der Waals surface area contributed by atoms with Gasteiger partial charge in [-0.3, -0.25) is 0 Å². The molecule has 1 aliphatic carbocycles. The minimum Gasteiger partial charge on any atom is -0.393 e. The summed E-state index contributed by atoms with van der Waals surface area (Å²) in [6.07, 6.45) is 3.52. The van der Waals surface area contributed by atoms with Crippen molar-refractivity contribution in [2.75, 3.05) is 6.61 Å². The molecule has 0 spiro atoms.